The van der Waals surface area contributed by atoms with Gasteiger partial charge in [-0.15, -0.1) is 0 Å². The Kier molecular flexibility index (Phi) is 3.27. The maximum atomic E-state index is 8.70. The second kappa shape index (κ2) is 4.46. The van der Waals surface area contributed by atoms with Crippen LogP contribution in [0.2, 0.25) is 0 Å². The second-order valence-corrected chi connectivity index (χ2v) is 2.78. The van der Waals surface area contributed by atoms with Gasteiger partial charge in [0, 0.05) is 6.07 Å². The fourth-order valence-corrected chi connectivity index (χ4v) is 0.911. The van der Waals surface area contributed by atoms with Gasteiger partial charge >= 0.3 is 0 Å². The lowest BCUT2D eigenvalue weighted by Gasteiger charge is -2.03. The van der Waals surface area contributed by atoms with Crippen LogP contribution in [0.3, 0.4) is 0 Å². The third kappa shape index (κ3) is 2.45. The Labute approximate surface area is 78.0 Å². The highest BCUT2D eigenvalue weighted by Gasteiger charge is 2.00. The molecule has 68 valence electrons. The van der Waals surface area contributed by atoms with Crippen molar-refractivity contribution in [2.75, 3.05) is 6.61 Å². The van der Waals surface area contributed by atoms with Crippen molar-refractivity contribution >= 4 is 0 Å². The molecule has 3 heteroatoms. The van der Waals surface area contributed by atoms with E-state index < -0.39 is 0 Å². The maximum absolute atomic E-state index is 8.70. The molecular weight excluding hydrogens is 164 g/mol. The summed E-state index contributed by atoms with van der Waals surface area (Å²) in [6.45, 7) is 4.52. The van der Waals surface area contributed by atoms with Gasteiger partial charge < -0.3 is 4.74 Å². The van der Waals surface area contributed by atoms with E-state index in [0.717, 1.165) is 12.0 Å². The molecule has 13 heavy (non-hydrogen) atoms. The molecule has 0 amide bonds. The molecule has 0 aliphatic carbocycles. The molecule has 1 rings (SSSR count). The summed E-state index contributed by atoms with van der Waals surface area (Å²) in [7, 11) is 0. The van der Waals surface area contributed by atoms with Gasteiger partial charge in [-0.05, 0) is 18.9 Å². The van der Waals surface area contributed by atoms with Crippen LogP contribution in [0.25, 0.3) is 0 Å². The zero-order valence-corrected chi connectivity index (χ0v) is 7.87. The van der Waals surface area contributed by atoms with Crippen molar-refractivity contribution in [3.05, 3.63) is 23.4 Å². The molecular formula is C10H12N2O. The van der Waals surface area contributed by atoms with Gasteiger partial charge in [0.15, 0.2) is 0 Å². The molecule has 0 saturated carbocycles. The molecule has 1 aromatic heterocycles. The van der Waals surface area contributed by atoms with E-state index in [-0.39, 0.29) is 0 Å². The van der Waals surface area contributed by atoms with Gasteiger partial charge in [0.2, 0.25) is 5.88 Å². The average Bonchev–Trinajstić information content (AvgIpc) is 2.16. The summed E-state index contributed by atoms with van der Waals surface area (Å²) in [5.74, 6) is 0.531. The minimum atomic E-state index is 0.439. The molecule has 0 atom stereocenters. The number of pyridine rings is 1. The summed E-state index contributed by atoms with van der Waals surface area (Å²) in [4.78, 5) is 4.04. The van der Waals surface area contributed by atoms with Gasteiger partial charge in [-0.1, -0.05) is 13.0 Å². The van der Waals surface area contributed by atoms with Gasteiger partial charge in [0.1, 0.15) is 11.8 Å². The number of aryl methyl sites for hydroxylation is 1. The Morgan fingerprint density at radius 2 is 2.31 bits per heavy atom. The fourth-order valence-electron chi connectivity index (χ4n) is 0.911. The molecule has 0 aromatic carbocycles. The Balaban J connectivity index is 2.82. The first kappa shape index (κ1) is 9.53. The summed E-state index contributed by atoms with van der Waals surface area (Å²) < 4.78 is 5.29. The molecule has 0 bridgehead atoms. The van der Waals surface area contributed by atoms with Crippen LogP contribution in [0.5, 0.6) is 5.88 Å². The molecule has 0 fully saturated rings. The molecule has 1 aromatic rings. The van der Waals surface area contributed by atoms with Crippen molar-refractivity contribution < 1.29 is 4.74 Å². The number of nitriles is 1. The van der Waals surface area contributed by atoms with Crippen LogP contribution < -0.4 is 4.74 Å². The van der Waals surface area contributed by atoms with E-state index in [1.165, 1.54) is 0 Å². The lowest BCUT2D eigenvalue weighted by atomic mass is 10.2. The van der Waals surface area contributed by atoms with Crippen LogP contribution in [0.1, 0.15) is 24.6 Å². The van der Waals surface area contributed by atoms with Crippen LogP contribution in [-0.2, 0) is 0 Å². The van der Waals surface area contributed by atoms with E-state index in [1.54, 1.807) is 6.07 Å². The smallest absolute Gasteiger partial charge is 0.214 e. The molecule has 0 N–H and O–H groups in total. The Bertz CT molecular complexity index is 328. The number of rotatable bonds is 3. The number of aromatic nitrogens is 1. The first-order valence-corrected chi connectivity index (χ1v) is 4.28. The number of hydrogen-bond acceptors (Lipinski definition) is 3. The zero-order valence-electron chi connectivity index (χ0n) is 7.87. The van der Waals surface area contributed by atoms with E-state index in [4.69, 9.17) is 10.00 Å². The van der Waals surface area contributed by atoms with Gasteiger partial charge in [-0.25, -0.2) is 4.98 Å². The van der Waals surface area contributed by atoms with Crippen LogP contribution in [0, 0.1) is 18.3 Å². The Morgan fingerprint density at radius 1 is 1.54 bits per heavy atom. The maximum Gasteiger partial charge on any atom is 0.214 e. The SMILES string of the molecule is CCCOc1ccc(C)c(C#N)n1. The predicted octanol–water partition coefficient (Wildman–Crippen LogP) is 2.05. The molecule has 0 saturated heterocycles. The van der Waals surface area contributed by atoms with E-state index in [0.29, 0.717) is 18.2 Å². The third-order valence-electron chi connectivity index (χ3n) is 1.63. The zero-order chi connectivity index (χ0) is 9.68. The largest absolute Gasteiger partial charge is 0.478 e. The lowest BCUT2D eigenvalue weighted by Crippen LogP contribution is -1.99. The first-order valence-electron chi connectivity index (χ1n) is 4.28. The number of hydrogen-bond donors (Lipinski definition) is 0. The van der Waals surface area contributed by atoms with E-state index in [1.807, 2.05) is 26.0 Å². The minimum Gasteiger partial charge on any atom is -0.478 e. The van der Waals surface area contributed by atoms with Crippen LogP contribution >= 0.6 is 0 Å². The van der Waals surface area contributed by atoms with Crippen LogP contribution in [0.15, 0.2) is 12.1 Å². The Hall–Kier alpha value is -1.56. The van der Waals surface area contributed by atoms with Crippen molar-refractivity contribution in [3.63, 3.8) is 0 Å². The van der Waals surface area contributed by atoms with Crippen molar-refractivity contribution in [2.24, 2.45) is 0 Å². The monoisotopic (exact) mass is 176 g/mol. The van der Waals surface area contributed by atoms with Crippen LogP contribution in [-0.4, -0.2) is 11.6 Å². The van der Waals surface area contributed by atoms with E-state index in [2.05, 4.69) is 4.98 Å². The fraction of sp³-hybridized carbons (Fsp3) is 0.400. The summed E-state index contributed by atoms with van der Waals surface area (Å²) in [5.41, 5.74) is 1.32. The van der Waals surface area contributed by atoms with E-state index >= 15 is 0 Å². The third-order valence-corrected chi connectivity index (χ3v) is 1.63. The molecule has 0 unspecified atom stereocenters. The summed E-state index contributed by atoms with van der Waals surface area (Å²) in [5, 5.41) is 8.70. The van der Waals surface area contributed by atoms with Crippen molar-refractivity contribution in [3.8, 4) is 11.9 Å². The lowest BCUT2D eigenvalue weighted by molar-refractivity contribution is 0.305. The quantitative estimate of drug-likeness (QED) is 0.708. The molecule has 0 spiro atoms. The van der Waals surface area contributed by atoms with Gasteiger partial charge in [0.05, 0.1) is 6.61 Å². The van der Waals surface area contributed by atoms with E-state index in [9.17, 15) is 0 Å². The minimum absolute atomic E-state index is 0.439. The van der Waals surface area contributed by atoms with Gasteiger partial charge in [0.25, 0.3) is 0 Å². The molecule has 0 radical (unpaired) electrons. The summed E-state index contributed by atoms with van der Waals surface area (Å²) in [6.07, 6.45) is 0.942. The summed E-state index contributed by atoms with van der Waals surface area (Å²) >= 11 is 0. The highest BCUT2D eigenvalue weighted by atomic mass is 16.5. The van der Waals surface area contributed by atoms with Crippen LogP contribution in [0.4, 0.5) is 0 Å². The molecule has 3 nitrogen and oxygen atoms in total. The summed E-state index contributed by atoms with van der Waals surface area (Å²) in [6, 6.07) is 5.65. The predicted molar refractivity (Wildman–Crippen MR) is 49.5 cm³/mol. The average molecular weight is 176 g/mol. The topological polar surface area (TPSA) is 45.9 Å². The first-order chi connectivity index (χ1) is 6.27. The number of nitrogens with zero attached hydrogens (tertiary/aromatic N) is 2. The van der Waals surface area contributed by atoms with Crippen molar-refractivity contribution in [2.45, 2.75) is 20.3 Å². The highest BCUT2D eigenvalue weighted by molar-refractivity contribution is 5.33. The normalized spacial score (nSPS) is 9.31. The number of ether oxygens (including phenoxy) is 1. The Morgan fingerprint density at radius 3 is 2.92 bits per heavy atom. The molecule has 0 aliphatic heterocycles. The van der Waals surface area contributed by atoms with Gasteiger partial charge in [-0.2, -0.15) is 5.26 Å². The van der Waals surface area contributed by atoms with Crippen molar-refractivity contribution in [1.29, 1.82) is 5.26 Å². The molecule has 1 heterocycles. The van der Waals surface area contributed by atoms with Crippen molar-refractivity contribution in [1.82, 2.24) is 4.98 Å². The standard InChI is InChI=1S/C10H12N2O/c1-3-6-13-10-5-4-8(2)9(7-11)12-10/h4-5H,3,6H2,1-2H3. The second-order valence-electron chi connectivity index (χ2n) is 2.78. The molecule has 0 aliphatic rings. The van der Waals surface area contributed by atoms with Gasteiger partial charge in [-0.3, -0.25) is 0 Å². The highest BCUT2D eigenvalue weighted by Crippen LogP contribution is 2.11.